The summed E-state index contributed by atoms with van der Waals surface area (Å²) in [7, 11) is 0. The van der Waals surface area contributed by atoms with Crippen molar-refractivity contribution in [2.45, 2.75) is 13.8 Å². The van der Waals surface area contributed by atoms with Crippen LogP contribution in [0.25, 0.3) is 106 Å². The average molecular weight is 744 g/mol. The van der Waals surface area contributed by atoms with E-state index in [4.69, 9.17) is 24.9 Å². The standard InChI is InChI=1S/C53H37N5/c1-3-4-5-26-47-34(2)32-46-49(55-48-27-11-10-23-45(48)50(46)54-47)40-20-12-19-39(33-40)35-28-30-38(31-29-35)51-56-52(43-24-13-17-36-15-6-8-21-41(36)43)58-53(57-51)44-25-14-18-37-16-7-9-22-42(37)44/h3-33H,1-2H3/b4-3-,26-5-. The third kappa shape index (κ3) is 6.39. The Bertz CT molecular complexity index is 3140. The van der Waals surface area contributed by atoms with Gasteiger partial charge in [0.05, 0.1) is 22.4 Å². The zero-order chi connectivity index (χ0) is 39.0. The van der Waals surface area contributed by atoms with Gasteiger partial charge in [0.1, 0.15) is 0 Å². The third-order valence-corrected chi connectivity index (χ3v) is 10.8. The molecule has 58 heavy (non-hydrogen) atoms. The zero-order valence-corrected chi connectivity index (χ0v) is 32.1. The van der Waals surface area contributed by atoms with Crippen LogP contribution in [0.15, 0.2) is 182 Å². The van der Waals surface area contributed by atoms with Gasteiger partial charge in [0, 0.05) is 33.0 Å². The molecule has 0 bridgehead atoms. The molecule has 0 fully saturated rings. The van der Waals surface area contributed by atoms with E-state index in [-0.39, 0.29) is 0 Å². The summed E-state index contributed by atoms with van der Waals surface area (Å²) in [5, 5.41) is 6.55. The van der Waals surface area contributed by atoms with Crippen molar-refractivity contribution >= 4 is 49.4 Å². The predicted molar refractivity (Wildman–Crippen MR) is 241 cm³/mol. The van der Waals surface area contributed by atoms with E-state index in [2.05, 4.69) is 171 Å². The van der Waals surface area contributed by atoms with Crippen LogP contribution in [0.4, 0.5) is 0 Å². The lowest BCUT2D eigenvalue weighted by atomic mass is 9.97. The minimum atomic E-state index is 0.621. The molecule has 3 heterocycles. The van der Waals surface area contributed by atoms with Gasteiger partial charge in [-0.25, -0.2) is 24.9 Å². The zero-order valence-electron chi connectivity index (χ0n) is 32.1. The Morgan fingerprint density at radius 1 is 0.414 bits per heavy atom. The van der Waals surface area contributed by atoms with Crippen molar-refractivity contribution in [1.29, 1.82) is 0 Å². The van der Waals surface area contributed by atoms with E-state index in [0.717, 1.165) is 93.7 Å². The van der Waals surface area contributed by atoms with Gasteiger partial charge in [-0.3, -0.25) is 0 Å². The molecule has 3 aromatic heterocycles. The Hall–Kier alpha value is -7.63. The van der Waals surface area contributed by atoms with Crippen molar-refractivity contribution in [2.24, 2.45) is 0 Å². The maximum atomic E-state index is 5.22. The number of para-hydroxylation sites is 1. The summed E-state index contributed by atoms with van der Waals surface area (Å²) in [4.78, 5) is 25.8. The maximum Gasteiger partial charge on any atom is 0.164 e. The summed E-state index contributed by atoms with van der Waals surface area (Å²) >= 11 is 0. The number of aromatic nitrogens is 5. The van der Waals surface area contributed by atoms with E-state index in [1.807, 2.05) is 31.2 Å². The molecular weight excluding hydrogens is 707 g/mol. The molecule has 0 amide bonds. The highest BCUT2D eigenvalue weighted by molar-refractivity contribution is 6.09. The second-order valence-corrected chi connectivity index (χ2v) is 14.5. The molecule has 0 radical (unpaired) electrons. The largest absolute Gasteiger partial charge is 0.247 e. The van der Waals surface area contributed by atoms with Gasteiger partial charge in [-0.15, -0.1) is 0 Å². The fourth-order valence-electron chi connectivity index (χ4n) is 7.86. The van der Waals surface area contributed by atoms with Gasteiger partial charge in [0.15, 0.2) is 17.5 Å². The normalized spacial score (nSPS) is 11.8. The van der Waals surface area contributed by atoms with Crippen LogP contribution in [0.5, 0.6) is 0 Å². The molecule has 7 aromatic carbocycles. The van der Waals surface area contributed by atoms with Gasteiger partial charge in [-0.1, -0.05) is 164 Å². The fraction of sp³-hybridized carbons (Fsp3) is 0.0377. The Balaban J connectivity index is 1.07. The summed E-state index contributed by atoms with van der Waals surface area (Å²) in [6.45, 7) is 4.13. The first-order chi connectivity index (χ1) is 28.6. The van der Waals surface area contributed by atoms with Gasteiger partial charge < -0.3 is 0 Å². The molecule has 0 saturated heterocycles. The van der Waals surface area contributed by atoms with E-state index < -0.39 is 0 Å². The topological polar surface area (TPSA) is 64.5 Å². The average Bonchev–Trinajstić information content (AvgIpc) is 3.28. The highest BCUT2D eigenvalue weighted by Crippen LogP contribution is 2.36. The van der Waals surface area contributed by atoms with E-state index in [9.17, 15) is 0 Å². The number of hydrogen-bond acceptors (Lipinski definition) is 5. The third-order valence-electron chi connectivity index (χ3n) is 10.8. The molecule has 5 heteroatoms. The van der Waals surface area contributed by atoms with Crippen LogP contribution in [0.1, 0.15) is 18.2 Å². The second kappa shape index (κ2) is 14.8. The van der Waals surface area contributed by atoms with Crippen LogP contribution in [-0.2, 0) is 0 Å². The van der Waals surface area contributed by atoms with E-state index in [1.54, 1.807) is 0 Å². The number of rotatable bonds is 7. The molecule has 0 aliphatic rings. The van der Waals surface area contributed by atoms with Crippen molar-refractivity contribution in [3.63, 3.8) is 0 Å². The van der Waals surface area contributed by atoms with E-state index in [1.165, 1.54) is 0 Å². The maximum absolute atomic E-state index is 5.22. The van der Waals surface area contributed by atoms with Crippen molar-refractivity contribution in [3.8, 4) is 56.5 Å². The van der Waals surface area contributed by atoms with Gasteiger partial charge in [0.2, 0.25) is 0 Å². The molecule has 0 atom stereocenters. The van der Waals surface area contributed by atoms with Crippen LogP contribution < -0.4 is 0 Å². The Kier molecular flexibility index (Phi) is 8.88. The number of nitrogens with zero attached hydrogens (tertiary/aromatic N) is 5. The molecule has 0 saturated carbocycles. The van der Waals surface area contributed by atoms with Crippen molar-refractivity contribution in [3.05, 3.63) is 193 Å². The van der Waals surface area contributed by atoms with Gasteiger partial charge in [-0.05, 0) is 76.4 Å². The first-order valence-electron chi connectivity index (χ1n) is 19.5. The first kappa shape index (κ1) is 34.8. The van der Waals surface area contributed by atoms with Crippen molar-refractivity contribution in [1.82, 2.24) is 24.9 Å². The molecule has 5 nitrogen and oxygen atoms in total. The summed E-state index contributed by atoms with van der Waals surface area (Å²) in [6.07, 6.45) is 8.15. The van der Waals surface area contributed by atoms with Gasteiger partial charge in [0.25, 0.3) is 0 Å². The SMILES string of the molecule is C/C=C\C=C/c1nc2c(cc1C)c(-c1cccc(-c3ccc(-c4nc(-c5cccc6ccccc56)nc(-c5cccc6ccccc56)n4)cc3)c1)nc1ccccc12. The predicted octanol–water partition coefficient (Wildman–Crippen LogP) is 13.5. The molecule has 10 rings (SSSR count). The van der Waals surface area contributed by atoms with Crippen LogP contribution in [-0.4, -0.2) is 24.9 Å². The smallest absolute Gasteiger partial charge is 0.164 e. The van der Waals surface area contributed by atoms with Crippen LogP contribution >= 0.6 is 0 Å². The highest BCUT2D eigenvalue weighted by atomic mass is 15.0. The summed E-state index contributed by atoms with van der Waals surface area (Å²) in [5.41, 5.74) is 10.9. The van der Waals surface area contributed by atoms with Crippen LogP contribution in [0, 0.1) is 6.92 Å². The summed E-state index contributed by atoms with van der Waals surface area (Å²) in [5.74, 6) is 1.90. The minimum Gasteiger partial charge on any atom is -0.247 e. The molecule has 0 unspecified atom stereocenters. The van der Waals surface area contributed by atoms with Crippen LogP contribution in [0.2, 0.25) is 0 Å². The Labute approximate surface area is 336 Å². The van der Waals surface area contributed by atoms with Gasteiger partial charge in [-0.2, -0.15) is 0 Å². The van der Waals surface area contributed by atoms with Gasteiger partial charge >= 0.3 is 0 Å². The van der Waals surface area contributed by atoms with E-state index in [0.29, 0.717) is 17.5 Å². The lowest BCUT2D eigenvalue weighted by Gasteiger charge is -2.13. The fourth-order valence-corrected chi connectivity index (χ4v) is 7.86. The monoisotopic (exact) mass is 743 g/mol. The molecule has 0 spiro atoms. The van der Waals surface area contributed by atoms with E-state index >= 15 is 0 Å². The minimum absolute atomic E-state index is 0.621. The highest BCUT2D eigenvalue weighted by Gasteiger charge is 2.17. The van der Waals surface area contributed by atoms with Crippen molar-refractivity contribution < 1.29 is 0 Å². The quantitative estimate of drug-likeness (QED) is 0.120. The molecule has 0 aliphatic carbocycles. The molecule has 274 valence electrons. The summed E-state index contributed by atoms with van der Waals surface area (Å²) < 4.78 is 0. The lowest BCUT2D eigenvalue weighted by molar-refractivity contribution is 1.08. The number of allylic oxidation sites excluding steroid dienone is 3. The van der Waals surface area contributed by atoms with Crippen LogP contribution in [0.3, 0.4) is 0 Å². The van der Waals surface area contributed by atoms with Crippen molar-refractivity contribution in [2.75, 3.05) is 0 Å². The summed E-state index contributed by atoms with van der Waals surface area (Å²) in [6, 6.07) is 56.9. The Morgan fingerprint density at radius 3 is 1.67 bits per heavy atom. The Morgan fingerprint density at radius 2 is 0.983 bits per heavy atom. The lowest BCUT2D eigenvalue weighted by Crippen LogP contribution is -2.01. The molecule has 0 aliphatic heterocycles. The number of pyridine rings is 2. The molecule has 10 aromatic rings. The molecule has 0 N–H and O–H groups in total. The second-order valence-electron chi connectivity index (χ2n) is 14.5. The number of fused-ring (bicyclic) bond motifs is 5. The number of benzene rings is 7. The number of aryl methyl sites for hydroxylation is 1. The number of hydrogen-bond donors (Lipinski definition) is 0. The molecular formula is C53H37N5. The first-order valence-corrected chi connectivity index (χ1v) is 19.5.